The van der Waals surface area contributed by atoms with Crippen LogP contribution in [0.15, 0.2) is 39.9 Å². The van der Waals surface area contributed by atoms with Crippen LogP contribution < -0.4 is 10.6 Å². The molecule has 26 heavy (non-hydrogen) atoms. The number of piperazine rings is 1. The van der Waals surface area contributed by atoms with Crippen molar-refractivity contribution in [3.05, 3.63) is 56.0 Å². The molecule has 2 aromatic rings. The first-order chi connectivity index (χ1) is 12.1. The molecular formula is C18H27ClN4O2S. The molecule has 0 radical (unpaired) electrons. The lowest BCUT2D eigenvalue weighted by atomic mass is 10.2. The molecule has 0 bridgehead atoms. The van der Waals surface area contributed by atoms with Crippen LogP contribution >= 0.6 is 23.9 Å². The minimum Gasteiger partial charge on any atom is -0.304 e. The van der Waals surface area contributed by atoms with E-state index in [2.05, 4.69) is 16.8 Å². The zero-order valence-electron chi connectivity index (χ0n) is 15.2. The Balaban J connectivity index is 0.00000243. The van der Waals surface area contributed by atoms with E-state index in [4.69, 9.17) is 0 Å². The van der Waals surface area contributed by atoms with Crippen LogP contribution in [0, 0.1) is 0 Å². The molecule has 0 amide bonds. The maximum absolute atomic E-state index is 12.4. The van der Waals surface area contributed by atoms with E-state index in [0.29, 0.717) is 13.1 Å². The minimum atomic E-state index is -0.182. The van der Waals surface area contributed by atoms with Crippen molar-refractivity contribution in [1.82, 2.24) is 18.3 Å². The Hall–Kier alpha value is -1.41. The van der Waals surface area contributed by atoms with Gasteiger partial charge in [-0.2, -0.15) is 0 Å². The summed E-state index contributed by atoms with van der Waals surface area (Å²) in [5.41, 5.74) is 0.792. The highest BCUT2D eigenvalue weighted by atomic mass is 35.5. The van der Waals surface area contributed by atoms with Gasteiger partial charge in [0.1, 0.15) is 0 Å². The lowest BCUT2D eigenvalue weighted by Crippen LogP contribution is -2.44. The molecule has 2 heterocycles. The van der Waals surface area contributed by atoms with Crippen molar-refractivity contribution in [1.29, 1.82) is 0 Å². The number of unbranched alkanes of at least 4 members (excludes halogenated alkanes) is 1. The fourth-order valence-electron chi connectivity index (χ4n) is 3.10. The molecule has 0 N–H and O–H groups in total. The number of benzene rings is 1. The average molecular weight is 399 g/mol. The quantitative estimate of drug-likeness (QED) is 0.664. The predicted octanol–water partition coefficient (Wildman–Crippen LogP) is 1.57. The van der Waals surface area contributed by atoms with Gasteiger partial charge in [-0.15, -0.1) is 12.4 Å². The molecule has 1 aliphatic heterocycles. The summed E-state index contributed by atoms with van der Waals surface area (Å²) in [6, 6.07) is 9.64. The molecule has 3 rings (SSSR count). The zero-order valence-corrected chi connectivity index (χ0v) is 16.8. The van der Waals surface area contributed by atoms with Gasteiger partial charge < -0.3 is 9.80 Å². The molecule has 0 spiro atoms. The molecule has 0 aliphatic carbocycles. The maximum atomic E-state index is 12.4. The van der Waals surface area contributed by atoms with E-state index in [1.54, 1.807) is 3.96 Å². The van der Waals surface area contributed by atoms with E-state index >= 15 is 0 Å². The van der Waals surface area contributed by atoms with Gasteiger partial charge in [0.2, 0.25) is 0 Å². The van der Waals surface area contributed by atoms with Crippen molar-refractivity contribution >= 4 is 23.9 Å². The molecule has 144 valence electrons. The van der Waals surface area contributed by atoms with Crippen molar-refractivity contribution < 1.29 is 0 Å². The monoisotopic (exact) mass is 398 g/mol. The van der Waals surface area contributed by atoms with Crippen LogP contribution in [-0.4, -0.2) is 58.1 Å². The molecule has 6 nitrogen and oxygen atoms in total. The molecule has 1 aromatic carbocycles. The molecular weight excluding hydrogens is 372 g/mol. The number of aromatic nitrogens is 2. The van der Waals surface area contributed by atoms with Crippen LogP contribution in [0.5, 0.6) is 0 Å². The topological polar surface area (TPSA) is 50.5 Å². The molecule has 1 aromatic heterocycles. The fraction of sp³-hybridized carbons (Fsp3) is 0.556. The van der Waals surface area contributed by atoms with Crippen molar-refractivity contribution in [2.45, 2.75) is 25.9 Å². The third-order valence-corrected chi connectivity index (χ3v) is 5.65. The minimum absolute atomic E-state index is 0. The Kier molecular flexibility index (Phi) is 8.09. The van der Waals surface area contributed by atoms with E-state index in [1.165, 1.54) is 4.57 Å². The number of aryl methyl sites for hydroxylation is 1. The largest absolute Gasteiger partial charge is 0.341 e. The SMILES string of the molecule is CN1CCN(CCCCn2sc(=O)n(Cc3ccccc3)c2=O)CC1.Cl. The molecule has 1 saturated heterocycles. The standard InChI is InChI=1S/C18H26N4O2S.ClH/c1-19-11-13-20(14-12-19)9-5-6-10-22-17(23)21(18(24)25-22)15-16-7-3-2-4-8-16;/h2-4,7-8H,5-6,9-15H2,1H3;1H. The number of nitrogens with zero attached hydrogens (tertiary/aromatic N) is 4. The average Bonchev–Trinajstić information content (AvgIpc) is 2.89. The van der Waals surface area contributed by atoms with Gasteiger partial charge in [-0.1, -0.05) is 30.3 Å². The Labute approximate surface area is 164 Å². The van der Waals surface area contributed by atoms with E-state index < -0.39 is 0 Å². The van der Waals surface area contributed by atoms with Gasteiger partial charge in [0, 0.05) is 44.3 Å². The van der Waals surface area contributed by atoms with Gasteiger partial charge in [0.15, 0.2) is 0 Å². The van der Waals surface area contributed by atoms with Crippen LogP contribution in [0.25, 0.3) is 0 Å². The maximum Gasteiger partial charge on any atom is 0.341 e. The number of halogens is 1. The number of hydrogen-bond donors (Lipinski definition) is 0. The normalized spacial score (nSPS) is 15.7. The van der Waals surface area contributed by atoms with E-state index in [1.807, 2.05) is 30.3 Å². The number of likely N-dealkylation sites (N-methyl/N-ethyl adjacent to an activating group) is 1. The second kappa shape index (κ2) is 10.1. The predicted molar refractivity (Wildman–Crippen MR) is 109 cm³/mol. The Morgan fingerprint density at radius 1 is 0.962 bits per heavy atom. The Bertz CT molecular complexity index is 778. The van der Waals surface area contributed by atoms with Crippen molar-refractivity contribution in [2.24, 2.45) is 0 Å². The summed E-state index contributed by atoms with van der Waals surface area (Å²) < 4.78 is 2.94. The van der Waals surface area contributed by atoms with Gasteiger partial charge in [0.25, 0.3) is 0 Å². The summed E-state index contributed by atoms with van der Waals surface area (Å²) >= 11 is 1.04. The second-order valence-corrected chi connectivity index (χ2v) is 7.64. The van der Waals surface area contributed by atoms with Gasteiger partial charge in [-0.05, 0) is 32.0 Å². The van der Waals surface area contributed by atoms with Crippen LogP contribution in [-0.2, 0) is 13.1 Å². The first-order valence-electron chi connectivity index (χ1n) is 8.89. The number of rotatable bonds is 7. The van der Waals surface area contributed by atoms with Crippen LogP contribution in [0.3, 0.4) is 0 Å². The zero-order chi connectivity index (χ0) is 17.6. The highest BCUT2D eigenvalue weighted by Gasteiger charge is 2.13. The molecule has 1 fully saturated rings. The van der Waals surface area contributed by atoms with Gasteiger partial charge >= 0.3 is 10.6 Å². The molecule has 0 saturated carbocycles. The summed E-state index contributed by atoms with van der Waals surface area (Å²) in [6.45, 7) is 6.56. The Morgan fingerprint density at radius 3 is 2.31 bits per heavy atom. The van der Waals surface area contributed by atoms with Gasteiger partial charge in [-0.3, -0.25) is 4.79 Å². The summed E-state index contributed by atoms with van der Waals surface area (Å²) in [5, 5.41) is 0. The first kappa shape index (κ1) is 20.9. The van der Waals surface area contributed by atoms with Gasteiger partial charge in [0.05, 0.1) is 6.54 Å². The summed E-state index contributed by atoms with van der Waals surface area (Å²) in [7, 11) is 2.16. The van der Waals surface area contributed by atoms with E-state index in [-0.39, 0.29) is 23.0 Å². The molecule has 0 unspecified atom stereocenters. The second-order valence-electron chi connectivity index (χ2n) is 6.67. The van der Waals surface area contributed by atoms with E-state index in [0.717, 1.165) is 62.7 Å². The molecule has 8 heteroatoms. The third kappa shape index (κ3) is 5.54. The van der Waals surface area contributed by atoms with E-state index in [9.17, 15) is 9.59 Å². The highest BCUT2D eigenvalue weighted by Crippen LogP contribution is 2.04. The summed E-state index contributed by atoms with van der Waals surface area (Å²) in [5.74, 6) is 0. The van der Waals surface area contributed by atoms with Crippen LogP contribution in [0.4, 0.5) is 0 Å². The Morgan fingerprint density at radius 2 is 1.62 bits per heavy atom. The molecule has 1 aliphatic rings. The lowest BCUT2D eigenvalue weighted by molar-refractivity contribution is 0.152. The third-order valence-electron chi connectivity index (χ3n) is 4.72. The van der Waals surface area contributed by atoms with Gasteiger partial charge in [-0.25, -0.2) is 13.3 Å². The van der Waals surface area contributed by atoms with Crippen LogP contribution in [0.2, 0.25) is 0 Å². The van der Waals surface area contributed by atoms with Crippen molar-refractivity contribution in [3.8, 4) is 0 Å². The summed E-state index contributed by atoms with van der Waals surface area (Å²) in [4.78, 5) is 29.2. The summed E-state index contributed by atoms with van der Waals surface area (Å²) in [6.07, 6.45) is 1.98. The first-order valence-corrected chi connectivity index (χ1v) is 9.66. The smallest absolute Gasteiger partial charge is 0.304 e. The number of hydrogen-bond acceptors (Lipinski definition) is 5. The highest BCUT2D eigenvalue weighted by molar-refractivity contribution is 7.03. The fourth-order valence-corrected chi connectivity index (χ4v) is 3.92. The lowest BCUT2D eigenvalue weighted by Gasteiger charge is -2.32. The molecule has 0 atom stereocenters. The van der Waals surface area contributed by atoms with Crippen molar-refractivity contribution in [3.63, 3.8) is 0 Å². The van der Waals surface area contributed by atoms with Crippen LogP contribution in [0.1, 0.15) is 18.4 Å². The van der Waals surface area contributed by atoms with Crippen molar-refractivity contribution in [2.75, 3.05) is 39.8 Å².